The molecule has 5 heteroatoms. The van der Waals surface area contributed by atoms with E-state index in [9.17, 15) is 0 Å². The van der Waals surface area contributed by atoms with Crippen LogP contribution in [-0.4, -0.2) is 10.2 Å². The van der Waals surface area contributed by atoms with E-state index >= 15 is 0 Å². The zero-order valence-electron chi connectivity index (χ0n) is 12.6. The fourth-order valence-corrected chi connectivity index (χ4v) is 2.43. The van der Waals surface area contributed by atoms with E-state index in [1.165, 1.54) is 0 Å². The fourth-order valence-electron chi connectivity index (χ4n) is 2.32. The molecule has 112 valence electrons. The lowest BCUT2D eigenvalue weighted by molar-refractivity contribution is 0.445. The van der Waals surface area contributed by atoms with E-state index in [1.54, 1.807) is 0 Å². The number of benzene rings is 1. The molecule has 0 unspecified atom stereocenters. The summed E-state index contributed by atoms with van der Waals surface area (Å²) in [5.74, 6) is 1.17. The van der Waals surface area contributed by atoms with Gasteiger partial charge in [0.15, 0.2) is 0 Å². The second-order valence-corrected chi connectivity index (χ2v) is 5.24. The third kappa shape index (κ3) is 3.34. The molecule has 0 saturated carbocycles. The molecular formula is C16H20ClN3O. The minimum absolute atomic E-state index is 0.383. The number of halogens is 1. The normalized spacial score (nSPS) is 10.7. The molecule has 0 aliphatic carbocycles. The second kappa shape index (κ2) is 6.87. The van der Waals surface area contributed by atoms with Crippen molar-refractivity contribution >= 4 is 11.6 Å². The van der Waals surface area contributed by atoms with Crippen molar-refractivity contribution in [3.63, 3.8) is 0 Å². The van der Waals surface area contributed by atoms with Gasteiger partial charge in [-0.25, -0.2) is 0 Å². The Kier molecular flexibility index (Phi) is 5.15. The van der Waals surface area contributed by atoms with Crippen LogP contribution in [0.5, 0.6) is 11.6 Å². The van der Waals surface area contributed by atoms with Gasteiger partial charge in [-0.2, -0.15) is 5.10 Å². The summed E-state index contributed by atoms with van der Waals surface area (Å²) >= 11 is 6.03. The predicted octanol–water partition coefficient (Wildman–Crippen LogP) is 3.81. The highest BCUT2D eigenvalue weighted by Crippen LogP contribution is 2.29. The number of nitrogens with two attached hydrogens (primary N) is 1. The SMILES string of the molecule is CCc1nnc(Oc2ccc(Cl)c(C)c2)c(CN)c1CC. The standard InChI is InChI=1S/C16H20ClN3O/c1-4-12-13(9-18)16(20-19-15(12)5-2)21-11-6-7-14(17)10(3)8-11/h6-8H,4-5,9,18H2,1-3H3. The van der Waals surface area contributed by atoms with Gasteiger partial charge in [0.1, 0.15) is 5.75 Å². The Bertz CT molecular complexity index is 644. The van der Waals surface area contributed by atoms with Gasteiger partial charge in [-0.3, -0.25) is 0 Å². The summed E-state index contributed by atoms with van der Waals surface area (Å²) in [5, 5.41) is 9.16. The van der Waals surface area contributed by atoms with Gasteiger partial charge in [0.2, 0.25) is 5.88 Å². The van der Waals surface area contributed by atoms with Crippen molar-refractivity contribution < 1.29 is 4.74 Å². The van der Waals surface area contributed by atoms with Crippen molar-refractivity contribution in [3.05, 3.63) is 45.6 Å². The third-order valence-corrected chi connectivity index (χ3v) is 3.89. The quantitative estimate of drug-likeness (QED) is 0.912. The zero-order valence-corrected chi connectivity index (χ0v) is 13.4. The van der Waals surface area contributed by atoms with Crippen LogP contribution in [-0.2, 0) is 19.4 Å². The molecule has 0 aliphatic rings. The topological polar surface area (TPSA) is 61.0 Å². The highest BCUT2D eigenvalue weighted by atomic mass is 35.5. The number of hydrogen-bond donors (Lipinski definition) is 1. The number of rotatable bonds is 5. The van der Waals surface area contributed by atoms with Crippen molar-refractivity contribution in [3.8, 4) is 11.6 Å². The van der Waals surface area contributed by atoms with Crippen LogP contribution in [0.3, 0.4) is 0 Å². The Labute approximate surface area is 130 Å². The summed E-state index contributed by atoms with van der Waals surface area (Å²) < 4.78 is 5.87. The molecule has 0 bridgehead atoms. The molecule has 4 nitrogen and oxygen atoms in total. The average molecular weight is 306 g/mol. The molecule has 1 aromatic carbocycles. The van der Waals surface area contributed by atoms with Crippen LogP contribution in [0.4, 0.5) is 0 Å². The van der Waals surface area contributed by atoms with Gasteiger partial charge >= 0.3 is 0 Å². The molecule has 1 aromatic heterocycles. The first kappa shape index (κ1) is 15.7. The van der Waals surface area contributed by atoms with Crippen molar-refractivity contribution in [2.75, 3.05) is 0 Å². The summed E-state index contributed by atoms with van der Waals surface area (Å²) in [6.07, 6.45) is 1.70. The van der Waals surface area contributed by atoms with Gasteiger partial charge in [0, 0.05) is 17.1 Å². The summed E-state index contributed by atoms with van der Waals surface area (Å²) in [5.41, 5.74) is 9.89. The predicted molar refractivity (Wildman–Crippen MR) is 84.9 cm³/mol. The van der Waals surface area contributed by atoms with Gasteiger partial charge in [0.25, 0.3) is 0 Å². The maximum Gasteiger partial charge on any atom is 0.243 e. The molecule has 2 rings (SSSR count). The third-order valence-electron chi connectivity index (χ3n) is 3.47. The van der Waals surface area contributed by atoms with Gasteiger partial charge in [-0.05, 0) is 49.1 Å². The van der Waals surface area contributed by atoms with E-state index in [0.717, 1.165) is 35.2 Å². The van der Waals surface area contributed by atoms with Gasteiger partial charge in [0.05, 0.1) is 5.69 Å². The minimum Gasteiger partial charge on any atom is -0.437 e. The van der Waals surface area contributed by atoms with E-state index < -0.39 is 0 Å². The van der Waals surface area contributed by atoms with Crippen LogP contribution in [0.15, 0.2) is 18.2 Å². The summed E-state index contributed by atoms with van der Waals surface area (Å²) in [6.45, 7) is 6.47. The monoisotopic (exact) mass is 305 g/mol. The van der Waals surface area contributed by atoms with E-state index in [1.807, 2.05) is 25.1 Å². The van der Waals surface area contributed by atoms with Crippen LogP contribution in [0.25, 0.3) is 0 Å². The molecule has 21 heavy (non-hydrogen) atoms. The first-order chi connectivity index (χ1) is 10.1. The molecule has 1 heterocycles. The number of nitrogens with zero attached hydrogens (tertiary/aromatic N) is 2. The molecule has 0 atom stereocenters. The summed E-state index contributed by atoms with van der Waals surface area (Å²) in [7, 11) is 0. The van der Waals surface area contributed by atoms with Crippen LogP contribution in [0.1, 0.15) is 36.2 Å². The van der Waals surface area contributed by atoms with Crippen molar-refractivity contribution in [2.45, 2.75) is 40.2 Å². The Morgan fingerprint density at radius 3 is 2.48 bits per heavy atom. The number of aryl methyl sites for hydroxylation is 2. The summed E-state index contributed by atoms with van der Waals surface area (Å²) in [4.78, 5) is 0. The van der Waals surface area contributed by atoms with Crippen molar-refractivity contribution in [1.82, 2.24) is 10.2 Å². The fraction of sp³-hybridized carbons (Fsp3) is 0.375. The Hall–Kier alpha value is -1.65. The van der Waals surface area contributed by atoms with E-state index in [4.69, 9.17) is 22.1 Å². The van der Waals surface area contributed by atoms with E-state index in [-0.39, 0.29) is 0 Å². The lowest BCUT2D eigenvalue weighted by Crippen LogP contribution is -2.10. The highest BCUT2D eigenvalue weighted by molar-refractivity contribution is 6.31. The lowest BCUT2D eigenvalue weighted by Gasteiger charge is -2.14. The largest absolute Gasteiger partial charge is 0.437 e. The van der Waals surface area contributed by atoms with E-state index in [0.29, 0.717) is 23.2 Å². The molecule has 0 aliphatic heterocycles. The van der Waals surface area contributed by atoms with Gasteiger partial charge in [-0.1, -0.05) is 25.4 Å². The molecule has 0 fully saturated rings. The molecule has 0 saturated heterocycles. The Morgan fingerprint density at radius 1 is 1.14 bits per heavy atom. The molecule has 0 amide bonds. The minimum atomic E-state index is 0.383. The maximum atomic E-state index is 6.03. The Morgan fingerprint density at radius 2 is 1.90 bits per heavy atom. The van der Waals surface area contributed by atoms with Crippen LogP contribution in [0, 0.1) is 6.92 Å². The molecule has 2 aromatic rings. The molecule has 2 N–H and O–H groups in total. The van der Waals surface area contributed by atoms with Crippen LogP contribution < -0.4 is 10.5 Å². The Balaban J connectivity index is 2.41. The highest BCUT2D eigenvalue weighted by Gasteiger charge is 2.15. The second-order valence-electron chi connectivity index (χ2n) is 4.83. The number of hydrogen-bond acceptors (Lipinski definition) is 4. The first-order valence-electron chi connectivity index (χ1n) is 7.12. The zero-order chi connectivity index (χ0) is 15.4. The van der Waals surface area contributed by atoms with Gasteiger partial charge in [-0.15, -0.1) is 5.10 Å². The van der Waals surface area contributed by atoms with Crippen LogP contribution in [0.2, 0.25) is 5.02 Å². The smallest absolute Gasteiger partial charge is 0.243 e. The van der Waals surface area contributed by atoms with E-state index in [2.05, 4.69) is 24.0 Å². The first-order valence-corrected chi connectivity index (χ1v) is 7.49. The van der Waals surface area contributed by atoms with Crippen molar-refractivity contribution in [1.29, 1.82) is 0 Å². The molecular weight excluding hydrogens is 286 g/mol. The molecule has 0 spiro atoms. The summed E-state index contributed by atoms with van der Waals surface area (Å²) in [6, 6.07) is 5.50. The molecule has 0 radical (unpaired) electrons. The van der Waals surface area contributed by atoms with Crippen molar-refractivity contribution in [2.24, 2.45) is 5.73 Å². The van der Waals surface area contributed by atoms with Crippen LogP contribution >= 0.6 is 11.6 Å². The number of aromatic nitrogens is 2. The average Bonchev–Trinajstić information content (AvgIpc) is 2.50. The van der Waals surface area contributed by atoms with Gasteiger partial charge < -0.3 is 10.5 Å². The lowest BCUT2D eigenvalue weighted by atomic mass is 10.0. The maximum absolute atomic E-state index is 6.03. The number of ether oxygens (including phenoxy) is 1.